The fraction of sp³-hybridized carbons (Fsp3) is 0.615. The molecule has 2 N–H and O–H groups in total. The Morgan fingerprint density at radius 1 is 1.47 bits per heavy atom. The number of ketones is 1. The maximum Gasteiger partial charge on any atom is 0.226 e. The van der Waals surface area contributed by atoms with Crippen LogP contribution in [0, 0.1) is 5.92 Å². The van der Waals surface area contributed by atoms with E-state index in [1.54, 1.807) is 0 Å². The first kappa shape index (κ1) is 14.1. The van der Waals surface area contributed by atoms with Gasteiger partial charge in [0.05, 0.1) is 11.1 Å². The van der Waals surface area contributed by atoms with Gasteiger partial charge in [0.1, 0.15) is 0 Å². The van der Waals surface area contributed by atoms with Crippen LogP contribution in [0.3, 0.4) is 0 Å². The fourth-order valence-corrected chi connectivity index (χ4v) is 2.91. The molecule has 1 fully saturated rings. The van der Waals surface area contributed by atoms with Gasteiger partial charge in [-0.05, 0) is 38.3 Å². The van der Waals surface area contributed by atoms with Gasteiger partial charge in [-0.1, -0.05) is 11.3 Å². The molecular formula is C13H19N3O2S. The standard InChI is InChI=1S/C13H19N3O2S/c1-9(17)11-8-15-13(19-11)16-12(18)3-2-10-4-6-14-7-5-10/h8,10,14H,2-7H2,1H3,(H,15,16,18). The highest BCUT2D eigenvalue weighted by Gasteiger charge is 2.15. The lowest BCUT2D eigenvalue weighted by Gasteiger charge is -2.21. The molecule has 1 aliphatic rings. The number of carbonyl (C=O) groups excluding carboxylic acids is 2. The Morgan fingerprint density at radius 2 is 2.21 bits per heavy atom. The quantitative estimate of drug-likeness (QED) is 0.810. The number of anilines is 1. The van der Waals surface area contributed by atoms with Crippen molar-refractivity contribution in [2.45, 2.75) is 32.6 Å². The maximum atomic E-state index is 11.8. The molecule has 0 unspecified atom stereocenters. The van der Waals surface area contributed by atoms with Crippen molar-refractivity contribution >= 4 is 28.2 Å². The van der Waals surface area contributed by atoms with E-state index in [0.29, 0.717) is 22.3 Å². The van der Waals surface area contributed by atoms with E-state index >= 15 is 0 Å². The summed E-state index contributed by atoms with van der Waals surface area (Å²) in [5, 5.41) is 6.59. The predicted octanol–water partition coefficient (Wildman–Crippen LogP) is 2.06. The number of amides is 1. The summed E-state index contributed by atoms with van der Waals surface area (Å²) >= 11 is 1.23. The summed E-state index contributed by atoms with van der Waals surface area (Å²) in [5.41, 5.74) is 0. The van der Waals surface area contributed by atoms with Gasteiger partial charge in [-0.3, -0.25) is 9.59 Å². The molecule has 0 bridgehead atoms. The van der Waals surface area contributed by atoms with Gasteiger partial charge in [-0.25, -0.2) is 4.98 Å². The summed E-state index contributed by atoms with van der Waals surface area (Å²) in [7, 11) is 0. The third kappa shape index (κ3) is 4.40. The van der Waals surface area contributed by atoms with Gasteiger partial charge in [0.15, 0.2) is 10.9 Å². The van der Waals surface area contributed by atoms with Gasteiger partial charge in [0.25, 0.3) is 0 Å². The maximum absolute atomic E-state index is 11.8. The topological polar surface area (TPSA) is 71.1 Å². The normalized spacial score (nSPS) is 16.3. The first-order valence-electron chi connectivity index (χ1n) is 6.62. The van der Waals surface area contributed by atoms with Gasteiger partial charge in [-0.2, -0.15) is 0 Å². The molecule has 1 amide bonds. The molecule has 0 saturated carbocycles. The van der Waals surface area contributed by atoms with Crippen LogP contribution in [-0.4, -0.2) is 29.8 Å². The molecule has 104 valence electrons. The molecule has 0 spiro atoms. The van der Waals surface area contributed by atoms with Gasteiger partial charge < -0.3 is 10.6 Å². The molecule has 19 heavy (non-hydrogen) atoms. The Balaban J connectivity index is 1.75. The molecule has 5 nitrogen and oxygen atoms in total. The van der Waals surface area contributed by atoms with E-state index in [-0.39, 0.29) is 11.7 Å². The first-order chi connectivity index (χ1) is 9.15. The second-order valence-electron chi connectivity index (χ2n) is 4.87. The van der Waals surface area contributed by atoms with Crippen molar-refractivity contribution in [1.29, 1.82) is 0 Å². The third-order valence-electron chi connectivity index (χ3n) is 3.34. The van der Waals surface area contributed by atoms with Crippen molar-refractivity contribution in [2.75, 3.05) is 18.4 Å². The van der Waals surface area contributed by atoms with E-state index in [4.69, 9.17) is 0 Å². The van der Waals surface area contributed by atoms with Crippen molar-refractivity contribution in [3.8, 4) is 0 Å². The van der Waals surface area contributed by atoms with Gasteiger partial charge >= 0.3 is 0 Å². The summed E-state index contributed by atoms with van der Waals surface area (Å²) in [6.45, 7) is 3.61. The lowest BCUT2D eigenvalue weighted by atomic mass is 9.93. The second-order valence-corrected chi connectivity index (χ2v) is 5.90. The smallest absolute Gasteiger partial charge is 0.226 e. The van der Waals surface area contributed by atoms with Crippen LogP contribution in [0.1, 0.15) is 42.3 Å². The van der Waals surface area contributed by atoms with Crippen LogP contribution in [-0.2, 0) is 4.79 Å². The highest BCUT2D eigenvalue weighted by atomic mass is 32.1. The van der Waals surface area contributed by atoms with Crippen molar-refractivity contribution < 1.29 is 9.59 Å². The Hall–Kier alpha value is -1.27. The molecule has 1 saturated heterocycles. The van der Waals surface area contributed by atoms with Crippen molar-refractivity contribution in [3.05, 3.63) is 11.1 Å². The first-order valence-corrected chi connectivity index (χ1v) is 7.44. The minimum absolute atomic E-state index is 0.0111. The molecule has 0 radical (unpaired) electrons. The van der Waals surface area contributed by atoms with Gasteiger partial charge in [0.2, 0.25) is 5.91 Å². The number of piperidine rings is 1. The van der Waals surface area contributed by atoms with Crippen LogP contribution in [0.25, 0.3) is 0 Å². The van der Waals surface area contributed by atoms with Crippen LogP contribution < -0.4 is 10.6 Å². The highest BCUT2D eigenvalue weighted by molar-refractivity contribution is 7.17. The summed E-state index contributed by atoms with van der Waals surface area (Å²) in [6.07, 6.45) is 5.27. The van der Waals surface area contributed by atoms with E-state index in [0.717, 1.165) is 32.4 Å². The number of Topliss-reactive ketones (excluding diaryl/α,β-unsaturated/α-hetero) is 1. The van der Waals surface area contributed by atoms with E-state index in [1.165, 1.54) is 24.5 Å². The molecule has 0 aliphatic carbocycles. The Kier molecular flexibility index (Phi) is 5.04. The molecule has 1 aromatic rings. The molecular weight excluding hydrogens is 262 g/mol. The van der Waals surface area contributed by atoms with Crippen LogP contribution in [0.5, 0.6) is 0 Å². The van der Waals surface area contributed by atoms with E-state index in [9.17, 15) is 9.59 Å². The largest absolute Gasteiger partial charge is 0.317 e. The SMILES string of the molecule is CC(=O)c1cnc(NC(=O)CCC2CCNCC2)s1. The van der Waals surface area contributed by atoms with Crippen molar-refractivity contribution in [1.82, 2.24) is 10.3 Å². The lowest BCUT2D eigenvalue weighted by Crippen LogP contribution is -2.28. The summed E-state index contributed by atoms with van der Waals surface area (Å²) in [5.74, 6) is 0.617. The lowest BCUT2D eigenvalue weighted by molar-refractivity contribution is -0.116. The molecule has 2 rings (SSSR count). The number of carbonyl (C=O) groups is 2. The Bertz CT molecular complexity index is 452. The number of hydrogen-bond acceptors (Lipinski definition) is 5. The highest BCUT2D eigenvalue weighted by Crippen LogP contribution is 2.20. The molecule has 6 heteroatoms. The summed E-state index contributed by atoms with van der Waals surface area (Å²) in [4.78, 5) is 27.5. The second kappa shape index (κ2) is 6.77. The van der Waals surface area contributed by atoms with Gasteiger partial charge in [-0.15, -0.1) is 0 Å². The van der Waals surface area contributed by atoms with Crippen LogP contribution in [0.4, 0.5) is 5.13 Å². The zero-order valence-corrected chi connectivity index (χ0v) is 11.9. The van der Waals surface area contributed by atoms with E-state index in [2.05, 4.69) is 15.6 Å². The van der Waals surface area contributed by atoms with Crippen LogP contribution in [0.15, 0.2) is 6.20 Å². The number of hydrogen-bond donors (Lipinski definition) is 2. The third-order valence-corrected chi connectivity index (χ3v) is 4.35. The van der Waals surface area contributed by atoms with Crippen LogP contribution in [0.2, 0.25) is 0 Å². The minimum atomic E-state index is -0.0206. The fourth-order valence-electron chi connectivity index (χ4n) is 2.18. The zero-order chi connectivity index (χ0) is 13.7. The zero-order valence-electron chi connectivity index (χ0n) is 11.1. The van der Waals surface area contributed by atoms with E-state index in [1.807, 2.05) is 0 Å². The minimum Gasteiger partial charge on any atom is -0.317 e. The van der Waals surface area contributed by atoms with Crippen molar-refractivity contribution in [3.63, 3.8) is 0 Å². The van der Waals surface area contributed by atoms with E-state index < -0.39 is 0 Å². The summed E-state index contributed by atoms with van der Waals surface area (Å²) < 4.78 is 0. The predicted molar refractivity (Wildman–Crippen MR) is 75.6 cm³/mol. The number of rotatable bonds is 5. The Labute approximate surface area is 116 Å². The molecule has 1 aliphatic heterocycles. The average Bonchev–Trinajstić information content (AvgIpc) is 2.86. The molecule has 1 aromatic heterocycles. The molecule has 0 aromatic carbocycles. The van der Waals surface area contributed by atoms with Crippen molar-refractivity contribution in [2.24, 2.45) is 5.92 Å². The molecule has 2 heterocycles. The number of nitrogens with zero attached hydrogens (tertiary/aromatic N) is 1. The summed E-state index contributed by atoms with van der Waals surface area (Å²) in [6, 6.07) is 0. The van der Waals surface area contributed by atoms with Crippen LogP contribution >= 0.6 is 11.3 Å². The number of thiazole rings is 1. The number of aromatic nitrogens is 1. The van der Waals surface area contributed by atoms with Gasteiger partial charge in [0, 0.05) is 13.3 Å². The number of nitrogens with one attached hydrogen (secondary N) is 2. The molecule has 0 atom stereocenters. The average molecular weight is 281 g/mol. The Morgan fingerprint density at radius 3 is 2.84 bits per heavy atom. The monoisotopic (exact) mass is 281 g/mol.